The molecule has 0 aliphatic carbocycles. The summed E-state index contributed by atoms with van der Waals surface area (Å²) < 4.78 is 0. The van der Waals surface area contributed by atoms with Crippen molar-refractivity contribution in [3.05, 3.63) is 140 Å². The number of amides is 1. The minimum absolute atomic E-state index is 0.137. The number of hydrogen-bond donors (Lipinski definition) is 1. The van der Waals surface area contributed by atoms with Crippen LogP contribution in [0.3, 0.4) is 0 Å². The van der Waals surface area contributed by atoms with Crippen molar-refractivity contribution in [2.24, 2.45) is 0 Å². The number of carbonyl (C=O) groups is 1. The van der Waals surface area contributed by atoms with Crippen LogP contribution in [0.4, 0.5) is 11.4 Å². The van der Waals surface area contributed by atoms with Gasteiger partial charge in [0, 0.05) is 39.8 Å². The van der Waals surface area contributed by atoms with E-state index < -0.39 is 0 Å². The lowest BCUT2D eigenvalue weighted by atomic mass is 10.1. The van der Waals surface area contributed by atoms with Crippen LogP contribution in [-0.4, -0.2) is 10.9 Å². The van der Waals surface area contributed by atoms with Crippen LogP contribution in [0.15, 0.2) is 135 Å². The van der Waals surface area contributed by atoms with Gasteiger partial charge in [0.15, 0.2) is 0 Å². The van der Waals surface area contributed by atoms with Gasteiger partial charge in [-0.1, -0.05) is 92.0 Å². The molecule has 0 radical (unpaired) electrons. The van der Waals surface area contributed by atoms with Gasteiger partial charge in [0.25, 0.3) is 5.91 Å². The van der Waals surface area contributed by atoms with Crippen molar-refractivity contribution in [2.45, 2.75) is 0 Å². The van der Waals surface area contributed by atoms with Crippen LogP contribution < -0.4 is 4.90 Å². The summed E-state index contributed by atoms with van der Waals surface area (Å²) >= 11 is 0. The summed E-state index contributed by atoms with van der Waals surface area (Å²) in [6.07, 6.45) is 5.46. The van der Waals surface area contributed by atoms with Gasteiger partial charge in [0.1, 0.15) is 0 Å². The second kappa shape index (κ2) is 14.0. The number of nitrogens with zero attached hydrogens (tertiary/aromatic N) is 3. The van der Waals surface area contributed by atoms with E-state index in [4.69, 9.17) is 10.5 Å². The largest absolute Gasteiger partial charge is 0.354 e. The van der Waals surface area contributed by atoms with Gasteiger partial charge in [-0.05, 0) is 42.0 Å². The van der Waals surface area contributed by atoms with Gasteiger partial charge in [-0.2, -0.15) is 10.5 Å². The molecule has 0 unspecified atom stereocenters. The molecule has 0 saturated carbocycles. The number of nitriles is 2. The SMILES string of the molecule is C=CC(=O)N(c1ccccc1)c1ccccc1.C=Cc1cccc2c1[nH]c1ccccc12.N#C/C=C/C#N. The minimum atomic E-state index is -0.137. The second-order valence-corrected chi connectivity index (χ2v) is 7.78. The maximum Gasteiger partial charge on any atom is 0.254 e. The smallest absolute Gasteiger partial charge is 0.254 e. The number of aromatic amines is 1. The van der Waals surface area contributed by atoms with Crippen molar-refractivity contribution < 1.29 is 4.79 Å². The molecule has 0 saturated heterocycles. The van der Waals surface area contributed by atoms with E-state index in [-0.39, 0.29) is 5.91 Å². The van der Waals surface area contributed by atoms with Crippen LogP contribution in [0.25, 0.3) is 27.9 Å². The molecule has 5 nitrogen and oxygen atoms in total. The van der Waals surface area contributed by atoms with Gasteiger partial charge >= 0.3 is 0 Å². The Morgan fingerprint density at radius 1 is 0.711 bits per heavy atom. The molecular formula is C33H26N4O. The third-order valence-electron chi connectivity index (χ3n) is 5.45. The molecule has 38 heavy (non-hydrogen) atoms. The molecule has 1 heterocycles. The predicted molar refractivity (Wildman–Crippen MR) is 156 cm³/mol. The Hall–Kier alpha value is -5.65. The van der Waals surface area contributed by atoms with Crippen molar-refractivity contribution in [1.82, 2.24) is 4.98 Å². The van der Waals surface area contributed by atoms with E-state index >= 15 is 0 Å². The third kappa shape index (κ3) is 6.73. The first kappa shape index (κ1) is 26.9. The van der Waals surface area contributed by atoms with E-state index in [2.05, 4.69) is 54.5 Å². The fraction of sp³-hybridized carbons (Fsp3) is 0. The molecule has 0 bridgehead atoms. The van der Waals surface area contributed by atoms with Crippen LogP contribution in [0.5, 0.6) is 0 Å². The maximum absolute atomic E-state index is 11.9. The number of rotatable bonds is 4. The van der Waals surface area contributed by atoms with Crippen LogP contribution >= 0.6 is 0 Å². The van der Waals surface area contributed by atoms with Gasteiger partial charge in [-0.15, -0.1) is 0 Å². The molecule has 5 rings (SSSR count). The van der Waals surface area contributed by atoms with E-state index in [0.29, 0.717) is 0 Å². The molecule has 0 spiro atoms. The number of nitrogens with one attached hydrogen (secondary N) is 1. The number of allylic oxidation sites excluding steroid dienone is 2. The highest BCUT2D eigenvalue weighted by atomic mass is 16.2. The Morgan fingerprint density at radius 2 is 1.24 bits per heavy atom. The molecule has 4 aromatic carbocycles. The van der Waals surface area contributed by atoms with E-state index in [0.717, 1.165) is 29.1 Å². The molecule has 5 aromatic rings. The second-order valence-electron chi connectivity index (χ2n) is 7.78. The van der Waals surface area contributed by atoms with Crippen molar-refractivity contribution in [3.63, 3.8) is 0 Å². The highest BCUT2D eigenvalue weighted by Gasteiger charge is 2.14. The molecule has 1 N–H and O–H groups in total. The molecule has 1 amide bonds. The average Bonchev–Trinajstić information content (AvgIpc) is 3.37. The fourth-order valence-electron chi connectivity index (χ4n) is 3.79. The third-order valence-corrected chi connectivity index (χ3v) is 5.45. The summed E-state index contributed by atoms with van der Waals surface area (Å²) in [4.78, 5) is 17.0. The first-order valence-corrected chi connectivity index (χ1v) is 11.8. The Labute approximate surface area is 222 Å². The molecular weight excluding hydrogens is 468 g/mol. The standard InChI is InChI=1S/C15H13NO.C14H11N.C4H2N2/c1-2-15(17)16(13-9-5-3-6-10-13)14-11-7-4-8-12-14;1-2-10-6-5-8-12-11-7-3-4-9-13(11)15-14(10)12;5-3-1-2-4-6/h2-12H,1H2;2-9,15H,1H2;1-2H/b;;2-1+. The number of benzene rings is 4. The minimum Gasteiger partial charge on any atom is -0.354 e. The number of hydrogen-bond acceptors (Lipinski definition) is 3. The number of anilines is 2. The zero-order valence-corrected chi connectivity index (χ0v) is 20.8. The molecule has 0 atom stereocenters. The first-order valence-electron chi connectivity index (χ1n) is 11.8. The van der Waals surface area contributed by atoms with E-state index in [1.165, 1.54) is 27.9 Å². The van der Waals surface area contributed by atoms with Crippen LogP contribution in [-0.2, 0) is 4.79 Å². The lowest BCUT2D eigenvalue weighted by molar-refractivity contribution is -0.113. The number of carbonyl (C=O) groups excluding carboxylic acids is 1. The summed E-state index contributed by atoms with van der Waals surface area (Å²) in [6.45, 7) is 7.37. The van der Waals surface area contributed by atoms with Crippen LogP contribution in [0.2, 0.25) is 0 Å². The summed E-state index contributed by atoms with van der Waals surface area (Å²) in [5.74, 6) is -0.137. The number of para-hydroxylation sites is 4. The molecule has 5 heteroatoms. The van der Waals surface area contributed by atoms with E-state index in [1.807, 2.05) is 72.8 Å². The topological polar surface area (TPSA) is 83.7 Å². The monoisotopic (exact) mass is 494 g/mol. The quantitative estimate of drug-likeness (QED) is 0.202. The zero-order valence-electron chi connectivity index (χ0n) is 20.8. The fourth-order valence-corrected chi connectivity index (χ4v) is 3.79. The van der Waals surface area contributed by atoms with E-state index in [1.54, 1.807) is 17.0 Å². The Bertz CT molecular complexity index is 1580. The van der Waals surface area contributed by atoms with Gasteiger partial charge in [-0.3, -0.25) is 9.69 Å². The summed E-state index contributed by atoms with van der Waals surface area (Å²) in [6, 6.07) is 37.0. The summed E-state index contributed by atoms with van der Waals surface area (Å²) in [5, 5.41) is 18.0. The van der Waals surface area contributed by atoms with Crippen LogP contribution in [0, 0.1) is 22.7 Å². The maximum atomic E-state index is 11.9. The van der Waals surface area contributed by atoms with Gasteiger partial charge < -0.3 is 4.98 Å². The Balaban J connectivity index is 0.000000175. The normalized spacial score (nSPS) is 9.74. The van der Waals surface area contributed by atoms with Gasteiger partial charge in [0.2, 0.25) is 0 Å². The van der Waals surface area contributed by atoms with Crippen molar-refractivity contribution in [1.29, 1.82) is 10.5 Å². The van der Waals surface area contributed by atoms with E-state index in [9.17, 15) is 4.79 Å². The number of H-pyrrole nitrogens is 1. The molecule has 184 valence electrons. The molecule has 1 aromatic heterocycles. The van der Waals surface area contributed by atoms with Crippen molar-refractivity contribution in [3.8, 4) is 12.1 Å². The number of fused-ring (bicyclic) bond motifs is 3. The number of aromatic nitrogens is 1. The lowest BCUT2D eigenvalue weighted by Gasteiger charge is -2.21. The highest BCUT2D eigenvalue weighted by Crippen LogP contribution is 2.28. The van der Waals surface area contributed by atoms with Gasteiger partial charge in [0.05, 0.1) is 17.7 Å². The van der Waals surface area contributed by atoms with Crippen LogP contribution in [0.1, 0.15) is 5.56 Å². The summed E-state index contributed by atoms with van der Waals surface area (Å²) in [7, 11) is 0. The average molecular weight is 495 g/mol. The predicted octanol–water partition coefficient (Wildman–Crippen LogP) is 8.09. The van der Waals surface area contributed by atoms with Gasteiger partial charge in [-0.25, -0.2) is 0 Å². The van der Waals surface area contributed by atoms with Crippen molar-refractivity contribution in [2.75, 3.05) is 4.90 Å². The molecule has 0 fully saturated rings. The molecule has 0 aliphatic heterocycles. The Morgan fingerprint density at radius 3 is 1.76 bits per heavy atom. The lowest BCUT2D eigenvalue weighted by Crippen LogP contribution is -2.23. The Kier molecular flexibility index (Phi) is 9.96. The zero-order chi connectivity index (χ0) is 27.2. The first-order chi connectivity index (χ1) is 18.6. The van der Waals surface area contributed by atoms with Crippen molar-refractivity contribution >= 4 is 45.2 Å². The summed E-state index contributed by atoms with van der Waals surface area (Å²) in [5.41, 5.74) is 5.19. The highest BCUT2D eigenvalue weighted by molar-refractivity contribution is 6.09. The molecule has 0 aliphatic rings.